The van der Waals surface area contributed by atoms with Gasteiger partial charge in [0.25, 0.3) is 5.91 Å². The Morgan fingerprint density at radius 3 is 2.65 bits per heavy atom. The van der Waals surface area contributed by atoms with Crippen LogP contribution >= 0.6 is 15.9 Å². The molecule has 1 fully saturated rings. The van der Waals surface area contributed by atoms with Crippen molar-refractivity contribution in [2.45, 2.75) is 26.1 Å². The second-order valence-corrected chi connectivity index (χ2v) is 5.27. The first-order valence-electron chi connectivity index (χ1n) is 5.61. The largest absolute Gasteiger partial charge is 0.372 e. The maximum atomic E-state index is 12.3. The van der Waals surface area contributed by atoms with E-state index in [0.29, 0.717) is 18.7 Å². The van der Waals surface area contributed by atoms with Gasteiger partial charge in [0.1, 0.15) is 0 Å². The maximum absolute atomic E-state index is 12.3. The molecule has 1 aliphatic rings. The number of ether oxygens (including phenoxy) is 1. The van der Waals surface area contributed by atoms with Crippen molar-refractivity contribution < 1.29 is 9.53 Å². The number of morpholine rings is 1. The summed E-state index contributed by atoms with van der Waals surface area (Å²) in [5.41, 5.74) is 0.612. The molecule has 0 spiro atoms. The number of hydrogen-bond acceptors (Lipinski definition) is 3. The summed E-state index contributed by atoms with van der Waals surface area (Å²) in [6.45, 7) is 5.23. The first kappa shape index (κ1) is 12.5. The van der Waals surface area contributed by atoms with Crippen LogP contribution in [0.4, 0.5) is 0 Å². The highest BCUT2D eigenvalue weighted by molar-refractivity contribution is 9.10. The molecule has 0 bridgehead atoms. The fourth-order valence-electron chi connectivity index (χ4n) is 2.06. The number of hydrogen-bond donors (Lipinski definition) is 0. The minimum atomic E-state index is 0.0146. The molecule has 1 amide bonds. The molecule has 2 heterocycles. The molecule has 1 aromatic rings. The number of rotatable bonds is 1. The van der Waals surface area contributed by atoms with Gasteiger partial charge in [0, 0.05) is 30.0 Å². The van der Waals surface area contributed by atoms with Gasteiger partial charge in [-0.3, -0.25) is 9.78 Å². The molecule has 0 aromatic carbocycles. The van der Waals surface area contributed by atoms with Gasteiger partial charge in [-0.25, -0.2) is 0 Å². The lowest BCUT2D eigenvalue weighted by molar-refractivity contribution is -0.0586. The van der Waals surface area contributed by atoms with Crippen molar-refractivity contribution in [1.29, 1.82) is 0 Å². The van der Waals surface area contributed by atoms with E-state index < -0.39 is 0 Å². The summed E-state index contributed by atoms with van der Waals surface area (Å²) in [4.78, 5) is 18.1. The Bertz CT molecular complexity index is 415. The molecule has 1 aromatic heterocycles. The monoisotopic (exact) mass is 298 g/mol. The lowest BCUT2D eigenvalue weighted by Crippen LogP contribution is -2.48. The van der Waals surface area contributed by atoms with E-state index in [4.69, 9.17) is 4.74 Å². The molecule has 17 heavy (non-hydrogen) atoms. The van der Waals surface area contributed by atoms with Crippen molar-refractivity contribution in [3.63, 3.8) is 0 Å². The van der Waals surface area contributed by atoms with Crippen LogP contribution in [0, 0.1) is 0 Å². The highest BCUT2D eigenvalue weighted by Crippen LogP contribution is 2.16. The summed E-state index contributed by atoms with van der Waals surface area (Å²) >= 11 is 3.32. The molecule has 1 saturated heterocycles. The van der Waals surface area contributed by atoms with Gasteiger partial charge in [-0.05, 0) is 35.8 Å². The Hall–Kier alpha value is -0.940. The number of carbonyl (C=O) groups excluding carboxylic acids is 1. The first-order chi connectivity index (χ1) is 8.06. The smallest absolute Gasteiger partial charge is 0.255 e. The van der Waals surface area contributed by atoms with Crippen molar-refractivity contribution in [2.75, 3.05) is 13.1 Å². The summed E-state index contributed by atoms with van der Waals surface area (Å²) in [6.07, 6.45) is 3.44. The van der Waals surface area contributed by atoms with E-state index in [1.54, 1.807) is 18.5 Å². The first-order valence-corrected chi connectivity index (χ1v) is 6.41. The van der Waals surface area contributed by atoms with Gasteiger partial charge in [0.2, 0.25) is 0 Å². The van der Waals surface area contributed by atoms with Crippen LogP contribution in [0.2, 0.25) is 0 Å². The van der Waals surface area contributed by atoms with E-state index in [1.165, 1.54) is 0 Å². The van der Waals surface area contributed by atoms with Gasteiger partial charge < -0.3 is 9.64 Å². The molecule has 0 saturated carbocycles. The zero-order valence-corrected chi connectivity index (χ0v) is 11.5. The highest BCUT2D eigenvalue weighted by Gasteiger charge is 2.26. The summed E-state index contributed by atoms with van der Waals surface area (Å²) in [6, 6.07) is 1.79. The molecule has 0 aliphatic carbocycles. The number of pyridine rings is 1. The number of carbonyl (C=O) groups is 1. The normalized spacial score (nSPS) is 24.8. The van der Waals surface area contributed by atoms with Gasteiger partial charge in [-0.2, -0.15) is 0 Å². The zero-order chi connectivity index (χ0) is 12.4. The Morgan fingerprint density at radius 1 is 1.41 bits per heavy atom. The summed E-state index contributed by atoms with van der Waals surface area (Å²) in [5, 5.41) is 0. The molecule has 0 N–H and O–H groups in total. The van der Waals surface area contributed by atoms with Crippen molar-refractivity contribution in [3.8, 4) is 0 Å². The predicted octanol–water partition coefficient (Wildman–Crippen LogP) is 2.09. The second kappa shape index (κ2) is 5.14. The van der Waals surface area contributed by atoms with Gasteiger partial charge in [-0.1, -0.05) is 0 Å². The third-order valence-electron chi connectivity index (χ3n) is 2.66. The van der Waals surface area contributed by atoms with Crippen LogP contribution in [0.25, 0.3) is 0 Å². The van der Waals surface area contributed by atoms with Crippen LogP contribution < -0.4 is 0 Å². The predicted molar refractivity (Wildman–Crippen MR) is 67.8 cm³/mol. The van der Waals surface area contributed by atoms with E-state index in [2.05, 4.69) is 20.9 Å². The number of aromatic nitrogens is 1. The Morgan fingerprint density at radius 2 is 2.06 bits per heavy atom. The Balaban J connectivity index is 2.14. The lowest BCUT2D eigenvalue weighted by atomic mass is 10.2. The van der Waals surface area contributed by atoms with E-state index in [9.17, 15) is 4.79 Å². The van der Waals surface area contributed by atoms with Crippen LogP contribution in [0.5, 0.6) is 0 Å². The summed E-state index contributed by atoms with van der Waals surface area (Å²) in [5.74, 6) is 0.0146. The Kier molecular flexibility index (Phi) is 3.79. The van der Waals surface area contributed by atoms with Crippen molar-refractivity contribution >= 4 is 21.8 Å². The second-order valence-electron chi connectivity index (χ2n) is 4.36. The molecule has 0 radical (unpaired) electrons. The molecular weight excluding hydrogens is 284 g/mol. The van der Waals surface area contributed by atoms with Crippen molar-refractivity contribution in [3.05, 3.63) is 28.5 Å². The molecule has 4 nitrogen and oxygen atoms in total. The molecular formula is C12H15BrN2O2. The maximum Gasteiger partial charge on any atom is 0.255 e. The fraction of sp³-hybridized carbons (Fsp3) is 0.500. The van der Waals surface area contributed by atoms with Crippen molar-refractivity contribution in [1.82, 2.24) is 9.88 Å². The van der Waals surface area contributed by atoms with Crippen LogP contribution in [-0.2, 0) is 4.74 Å². The zero-order valence-electron chi connectivity index (χ0n) is 9.89. The number of amides is 1. The SMILES string of the molecule is C[C@@H]1CN(C(=O)c2cncc(Br)c2)C[C@H](C)O1. The van der Waals surface area contributed by atoms with Crippen LogP contribution in [0.1, 0.15) is 24.2 Å². The summed E-state index contributed by atoms with van der Waals surface area (Å²) < 4.78 is 6.42. The quantitative estimate of drug-likeness (QED) is 0.797. The summed E-state index contributed by atoms with van der Waals surface area (Å²) in [7, 11) is 0. The average molecular weight is 299 g/mol. The molecule has 2 atom stereocenters. The minimum Gasteiger partial charge on any atom is -0.372 e. The van der Waals surface area contributed by atoms with E-state index in [-0.39, 0.29) is 18.1 Å². The lowest BCUT2D eigenvalue weighted by Gasteiger charge is -2.35. The topological polar surface area (TPSA) is 42.4 Å². The fourth-order valence-corrected chi connectivity index (χ4v) is 2.42. The Labute approximate surface area is 109 Å². The van der Waals surface area contributed by atoms with Gasteiger partial charge in [-0.15, -0.1) is 0 Å². The molecule has 2 rings (SSSR count). The van der Waals surface area contributed by atoms with Crippen LogP contribution in [0.15, 0.2) is 22.9 Å². The van der Waals surface area contributed by atoms with E-state index in [0.717, 1.165) is 4.47 Å². The van der Waals surface area contributed by atoms with Gasteiger partial charge in [0.15, 0.2) is 0 Å². The average Bonchev–Trinajstić information content (AvgIpc) is 2.26. The standard InChI is InChI=1S/C12H15BrN2O2/c1-8-6-15(7-9(2)17-8)12(16)10-3-11(13)5-14-4-10/h3-5,8-9H,6-7H2,1-2H3/t8-,9+. The third-order valence-corrected chi connectivity index (χ3v) is 3.09. The van der Waals surface area contributed by atoms with Crippen molar-refractivity contribution in [2.24, 2.45) is 0 Å². The van der Waals surface area contributed by atoms with E-state index in [1.807, 2.05) is 18.7 Å². The minimum absolute atomic E-state index is 0.0146. The number of halogens is 1. The molecule has 5 heteroatoms. The van der Waals surface area contributed by atoms with Crippen LogP contribution in [0.3, 0.4) is 0 Å². The van der Waals surface area contributed by atoms with Gasteiger partial charge >= 0.3 is 0 Å². The highest BCUT2D eigenvalue weighted by atomic mass is 79.9. The number of nitrogens with zero attached hydrogens (tertiary/aromatic N) is 2. The van der Waals surface area contributed by atoms with Crippen LogP contribution in [-0.4, -0.2) is 41.1 Å². The third kappa shape index (κ3) is 3.04. The molecule has 92 valence electrons. The van der Waals surface area contributed by atoms with E-state index >= 15 is 0 Å². The molecule has 0 unspecified atom stereocenters. The molecule has 1 aliphatic heterocycles. The van der Waals surface area contributed by atoms with Gasteiger partial charge in [0.05, 0.1) is 17.8 Å².